The molecule has 2 amide bonds. The van der Waals surface area contributed by atoms with Gasteiger partial charge in [-0.05, 0) is 19.1 Å². The number of hydrogen-bond acceptors (Lipinski definition) is 3. The van der Waals surface area contributed by atoms with E-state index >= 15 is 0 Å². The van der Waals surface area contributed by atoms with Crippen LogP contribution in [-0.2, 0) is 11.3 Å². The van der Waals surface area contributed by atoms with E-state index in [1.54, 1.807) is 0 Å². The summed E-state index contributed by atoms with van der Waals surface area (Å²) >= 11 is 0. The second-order valence-corrected chi connectivity index (χ2v) is 3.52. The molecule has 0 spiro atoms. The third-order valence-corrected chi connectivity index (χ3v) is 2.00. The molecule has 0 bridgehead atoms. The molecule has 1 heterocycles. The van der Waals surface area contributed by atoms with Gasteiger partial charge in [0.1, 0.15) is 0 Å². The number of carbonyl (C=O) groups is 2. The van der Waals surface area contributed by atoms with E-state index in [1.165, 1.54) is 0 Å². The summed E-state index contributed by atoms with van der Waals surface area (Å²) < 4.78 is 0. The minimum absolute atomic E-state index is 0.0872. The van der Waals surface area contributed by atoms with Crippen LogP contribution in [0.3, 0.4) is 0 Å². The first kappa shape index (κ1) is 13.0. The van der Waals surface area contributed by atoms with E-state index in [0.717, 1.165) is 11.4 Å². The number of aryl methyl sites for hydroxylation is 1. The Hall–Kier alpha value is -2.11. The Kier molecular flexibility index (Phi) is 4.93. The van der Waals surface area contributed by atoms with Crippen LogP contribution in [0.5, 0.6) is 0 Å². The molecule has 0 unspecified atom stereocenters. The van der Waals surface area contributed by atoms with Crippen LogP contribution in [0.4, 0.5) is 4.79 Å². The van der Waals surface area contributed by atoms with Gasteiger partial charge in [0.2, 0.25) is 0 Å². The molecule has 0 aliphatic carbocycles. The van der Waals surface area contributed by atoms with Gasteiger partial charge in [-0.2, -0.15) is 0 Å². The number of amides is 2. The number of hydrogen-bond donors (Lipinski definition) is 3. The number of nitrogens with zero attached hydrogens (tertiary/aromatic N) is 1. The molecule has 0 saturated carbocycles. The fourth-order valence-corrected chi connectivity index (χ4v) is 1.21. The van der Waals surface area contributed by atoms with Gasteiger partial charge in [0, 0.05) is 12.2 Å². The van der Waals surface area contributed by atoms with Crippen LogP contribution in [0.15, 0.2) is 18.2 Å². The fraction of sp³-hybridized carbons (Fsp3) is 0.364. The standard InChI is InChI=1S/C11H15N3O3/c1-8-3-2-4-9(14-8)7-13-11(17)12-6-5-10(15)16/h2-4H,5-7H2,1H3,(H,15,16)(H2,12,13,17). The van der Waals surface area contributed by atoms with Crippen LogP contribution in [0.1, 0.15) is 17.8 Å². The second kappa shape index (κ2) is 6.47. The van der Waals surface area contributed by atoms with Gasteiger partial charge in [-0.25, -0.2) is 4.79 Å². The Bertz CT molecular complexity index is 407. The van der Waals surface area contributed by atoms with Crippen LogP contribution >= 0.6 is 0 Å². The first-order valence-corrected chi connectivity index (χ1v) is 5.24. The predicted octanol–water partition coefficient (Wildman–Crippen LogP) is 0.664. The van der Waals surface area contributed by atoms with E-state index in [1.807, 2.05) is 25.1 Å². The first-order chi connectivity index (χ1) is 8.08. The molecule has 0 aliphatic heterocycles. The Labute approximate surface area is 99.1 Å². The van der Waals surface area contributed by atoms with E-state index in [9.17, 15) is 9.59 Å². The second-order valence-electron chi connectivity index (χ2n) is 3.52. The lowest BCUT2D eigenvalue weighted by Crippen LogP contribution is -2.36. The van der Waals surface area contributed by atoms with E-state index in [-0.39, 0.29) is 13.0 Å². The number of nitrogens with one attached hydrogen (secondary N) is 2. The van der Waals surface area contributed by atoms with Crippen LogP contribution in [0.2, 0.25) is 0 Å². The SMILES string of the molecule is Cc1cccc(CNC(=O)NCCC(=O)O)n1. The van der Waals surface area contributed by atoms with Crippen molar-refractivity contribution in [1.82, 2.24) is 15.6 Å². The molecule has 0 aliphatic rings. The van der Waals surface area contributed by atoms with E-state index in [4.69, 9.17) is 5.11 Å². The molecule has 6 nitrogen and oxygen atoms in total. The van der Waals surface area contributed by atoms with Gasteiger partial charge >= 0.3 is 12.0 Å². The van der Waals surface area contributed by atoms with Gasteiger partial charge in [-0.1, -0.05) is 6.07 Å². The molecule has 0 aromatic carbocycles. The van der Waals surface area contributed by atoms with Gasteiger partial charge in [0.15, 0.2) is 0 Å². The average molecular weight is 237 g/mol. The smallest absolute Gasteiger partial charge is 0.315 e. The summed E-state index contributed by atoms with van der Waals surface area (Å²) in [7, 11) is 0. The van der Waals surface area contributed by atoms with Crippen LogP contribution in [-0.4, -0.2) is 28.6 Å². The Morgan fingerprint density at radius 2 is 2.12 bits per heavy atom. The fourth-order valence-electron chi connectivity index (χ4n) is 1.21. The van der Waals surface area contributed by atoms with Crippen molar-refractivity contribution in [2.24, 2.45) is 0 Å². The lowest BCUT2D eigenvalue weighted by Gasteiger charge is -2.06. The minimum Gasteiger partial charge on any atom is -0.481 e. The summed E-state index contributed by atoms with van der Waals surface area (Å²) in [4.78, 5) is 25.7. The summed E-state index contributed by atoms with van der Waals surface area (Å²) in [6, 6.07) is 5.15. The summed E-state index contributed by atoms with van der Waals surface area (Å²) in [6.07, 6.45) is -0.0872. The van der Waals surface area contributed by atoms with Gasteiger partial charge in [0.25, 0.3) is 0 Å². The number of urea groups is 1. The quantitative estimate of drug-likeness (QED) is 0.701. The maximum atomic E-state index is 11.2. The zero-order valence-electron chi connectivity index (χ0n) is 9.56. The normalized spacial score (nSPS) is 9.71. The van der Waals surface area contributed by atoms with E-state index in [2.05, 4.69) is 15.6 Å². The lowest BCUT2D eigenvalue weighted by molar-refractivity contribution is -0.136. The molecule has 1 aromatic heterocycles. The largest absolute Gasteiger partial charge is 0.481 e. The number of pyridine rings is 1. The number of aliphatic carboxylic acids is 1. The first-order valence-electron chi connectivity index (χ1n) is 5.24. The van der Waals surface area contributed by atoms with Gasteiger partial charge in [0.05, 0.1) is 18.7 Å². The number of rotatable bonds is 5. The monoisotopic (exact) mass is 237 g/mol. The maximum Gasteiger partial charge on any atom is 0.315 e. The molecular formula is C11H15N3O3. The van der Waals surface area contributed by atoms with Crippen molar-refractivity contribution in [2.45, 2.75) is 19.9 Å². The van der Waals surface area contributed by atoms with Crippen molar-refractivity contribution in [3.05, 3.63) is 29.6 Å². The van der Waals surface area contributed by atoms with Crippen LogP contribution in [0, 0.1) is 6.92 Å². The molecular weight excluding hydrogens is 222 g/mol. The molecule has 17 heavy (non-hydrogen) atoms. The third kappa shape index (κ3) is 5.50. The molecule has 0 saturated heterocycles. The van der Waals surface area contributed by atoms with Crippen molar-refractivity contribution >= 4 is 12.0 Å². The predicted molar refractivity (Wildman–Crippen MR) is 61.5 cm³/mol. The molecule has 0 atom stereocenters. The maximum absolute atomic E-state index is 11.2. The minimum atomic E-state index is -0.939. The summed E-state index contributed by atoms with van der Waals surface area (Å²) in [6.45, 7) is 2.30. The summed E-state index contributed by atoms with van der Waals surface area (Å²) in [5, 5.41) is 13.4. The summed E-state index contributed by atoms with van der Waals surface area (Å²) in [5.41, 5.74) is 1.65. The number of aromatic nitrogens is 1. The van der Waals surface area contributed by atoms with Crippen molar-refractivity contribution < 1.29 is 14.7 Å². The van der Waals surface area contributed by atoms with Crippen molar-refractivity contribution in [2.75, 3.05) is 6.54 Å². The molecule has 6 heteroatoms. The molecule has 1 rings (SSSR count). The van der Waals surface area contributed by atoms with Gasteiger partial charge < -0.3 is 15.7 Å². The Balaban J connectivity index is 2.26. The molecule has 0 radical (unpaired) electrons. The topological polar surface area (TPSA) is 91.3 Å². The highest BCUT2D eigenvalue weighted by atomic mass is 16.4. The summed E-state index contributed by atoms with van der Waals surface area (Å²) in [5.74, 6) is -0.939. The highest BCUT2D eigenvalue weighted by molar-refractivity contribution is 5.74. The van der Waals surface area contributed by atoms with E-state index < -0.39 is 12.0 Å². The molecule has 1 aromatic rings. The third-order valence-electron chi connectivity index (χ3n) is 2.00. The zero-order valence-corrected chi connectivity index (χ0v) is 9.56. The van der Waals surface area contributed by atoms with Crippen molar-refractivity contribution in [3.8, 4) is 0 Å². The number of carboxylic acid groups (broad SMARTS) is 1. The van der Waals surface area contributed by atoms with Crippen LogP contribution in [0.25, 0.3) is 0 Å². The Morgan fingerprint density at radius 3 is 2.76 bits per heavy atom. The molecule has 3 N–H and O–H groups in total. The molecule has 92 valence electrons. The van der Waals surface area contributed by atoms with Crippen molar-refractivity contribution in [1.29, 1.82) is 0 Å². The van der Waals surface area contributed by atoms with Gasteiger partial charge in [-0.15, -0.1) is 0 Å². The zero-order chi connectivity index (χ0) is 12.7. The van der Waals surface area contributed by atoms with Crippen LogP contribution < -0.4 is 10.6 Å². The average Bonchev–Trinajstić information content (AvgIpc) is 2.26. The number of carboxylic acids is 1. The van der Waals surface area contributed by atoms with Crippen molar-refractivity contribution in [3.63, 3.8) is 0 Å². The highest BCUT2D eigenvalue weighted by Gasteiger charge is 2.02. The van der Waals surface area contributed by atoms with E-state index in [0.29, 0.717) is 6.54 Å². The van der Waals surface area contributed by atoms with Gasteiger partial charge in [-0.3, -0.25) is 9.78 Å². The lowest BCUT2D eigenvalue weighted by atomic mass is 10.3. The number of carbonyl (C=O) groups excluding carboxylic acids is 1. The Morgan fingerprint density at radius 1 is 1.35 bits per heavy atom. The molecule has 0 fully saturated rings. The highest BCUT2D eigenvalue weighted by Crippen LogP contribution is 1.97.